The van der Waals surface area contributed by atoms with Crippen LogP contribution in [-0.4, -0.2) is 25.1 Å². The Balaban J connectivity index is 1.94. The van der Waals surface area contributed by atoms with E-state index in [0.717, 1.165) is 36.1 Å². The van der Waals surface area contributed by atoms with Crippen molar-refractivity contribution in [3.05, 3.63) is 58.7 Å². The Bertz CT molecular complexity index is 981. The first-order valence-corrected chi connectivity index (χ1v) is 12.7. The Kier molecular flexibility index (Phi) is 6.65. The molecule has 0 bridgehead atoms. The van der Waals surface area contributed by atoms with Gasteiger partial charge in [0, 0.05) is 18.8 Å². The molecule has 1 N–H and O–H groups in total. The van der Waals surface area contributed by atoms with Crippen LogP contribution in [0.1, 0.15) is 42.5 Å². The van der Waals surface area contributed by atoms with E-state index < -0.39 is 13.6 Å². The third kappa shape index (κ3) is 4.80. The smallest absolute Gasteiger partial charge is 0.242 e. The molecule has 4 nitrogen and oxygen atoms in total. The van der Waals surface area contributed by atoms with E-state index in [4.69, 9.17) is 0 Å². The van der Waals surface area contributed by atoms with Crippen molar-refractivity contribution in [3.8, 4) is 0 Å². The number of halogens is 1. The van der Waals surface area contributed by atoms with Crippen molar-refractivity contribution < 1.29 is 8.42 Å². The SMILES string of the molecule is Cc1cc(C)c(S(=O)(=O)NC(I)(CN2CCCc3ccccc32)C(C)C)c(C)c1. The Labute approximate surface area is 189 Å². The van der Waals surface area contributed by atoms with E-state index in [0.29, 0.717) is 11.4 Å². The summed E-state index contributed by atoms with van der Waals surface area (Å²) in [4.78, 5) is 2.74. The summed E-state index contributed by atoms with van der Waals surface area (Å²) in [7, 11) is -3.65. The molecule has 1 unspecified atom stereocenters. The van der Waals surface area contributed by atoms with Gasteiger partial charge in [-0.25, -0.2) is 8.42 Å². The molecule has 0 saturated carbocycles. The molecule has 0 aliphatic carbocycles. The maximum atomic E-state index is 13.5. The fraction of sp³-hybridized carbons (Fsp3) is 0.478. The maximum Gasteiger partial charge on any atom is 0.242 e. The number of anilines is 1. The fourth-order valence-corrected chi connectivity index (χ4v) is 7.35. The zero-order valence-electron chi connectivity index (χ0n) is 17.9. The number of hydrogen-bond donors (Lipinski definition) is 1. The second kappa shape index (κ2) is 8.55. The standard InChI is InChI=1S/C23H31IN2O2S/c1-16(2)23(24,15-26-12-8-10-20-9-6-7-11-21(20)26)25-29(27,28)22-18(4)13-17(3)14-19(22)5/h6-7,9,11,13-14,16,25H,8,10,12,15H2,1-5H3. The van der Waals surface area contributed by atoms with Gasteiger partial charge in [-0.05, 0) is 62.3 Å². The normalized spacial score (nSPS) is 16.6. The van der Waals surface area contributed by atoms with Gasteiger partial charge in [-0.15, -0.1) is 0 Å². The van der Waals surface area contributed by atoms with Crippen molar-refractivity contribution >= 4 is 38.3 Å². The predicted octanol–water partition coefficient (Wildman–Crippen LogP) is 5.13. The molecule has 1 heterocycles. The minimum absolute atomic E-state index is 0.123. The van der Waals surface area contributed by atoms with Crippen LogP contribution in [0.4, 0.5) is 5.69 Å². The number of nitrogens with zero attached hydrogens (tertiary/aromatic N) is 1. The molecule has 0 aromatic heterocycles. The molecule has 6 heteroatoms. The van der Waals surface area contributed by atoms with Crippen LogP contribution < -0.4 is 9.62 Å². The lowest BCUT2D eigenvalue weighted by atomic mass is 9.99. The van der Waals surface area contributed by atoms with E-state index in [2.05, 4.69) is 70.3 Å². The van der Waals surface area contributed by atoms with Gasteiger partial charge >= 0.3 is 0 Å². The number of sulfonamides is 1. The maximum absolute atomic E-state index is 13.5. The van der Waals surface area contributed by atoms with Gasteiger partial charge in [0.1, 0.15) is 3.55 Å². The van der Waals surface area contributed by atoms with E-state index in [1.165, 1.54) is 11.3 Å². The number of aryl methyl sites for hydroxylation is 4. The zero-order valence-corrected chi connectivity index (χ0v) is 20.9. The van der Waals surface area contributed by atoms with Crippen molar-refractivity contribution in [1.29, 1.82) is 0 Å². The molecule has 0 spiro atoms. The number of rotatable bonds is 6. The van der Waals surface area contributed by atoms with Crippen LogP contribution in [0.25, 0.3) is 0 Å². The molecule has 0 radical (unpaired) electrons. The quantitative estimate of drug-likeness (QED) is 0.323. The average molecular weight is 526 g/mol. The first-order valence-electron chi connectivity index (χ1n) is 10.2. The zero-order chi connectivity index (χ0) is 21.4. The second-order valence-electron chi connectivity index (χ2n) is 8.50. The molecule has 29 heavy (non-hydrogen) atoms. The van der Waals surface area contributed by atoms with Crippen LogP contribution >= 0.6 is 22.6 Å². The van der Waals surface area contributed by atoms with E-state index in [-0.39, 0.29) is 5.92 Å². The number of nitrogens with one attached hydrogen (secondary N) is 1. The third-order valence-corrected chi connectivity index (χ3v) is 9.76. The average Bonchev–Trinajstić information content (AvgIpc) is 2.60. The molecular formula is C23H31IN2O2S. The van der Waals surface area contributed by atoms with Crippen LogP contribution in [0.2, 0.25) is 0 Å². The Morgan fingerprint density at radius 1 is 1.14 bits per heavy atom. The molecule has 3 rings (SSSR count). The fourth-order valence-electron chi connectivity index (χ4n) is 4.25. The van der Waals surface area contributed by atoms with Crippen molar-refractivity contribution in [2.45, 2.75) is 55.9 Å². The lowest BCUT2D eigenvalue weighted by Gasteiger charge is -2.41. The summed E-state index contributed by atoms with van der Waals surface area (Å²) in [6, 6.07) is 12.3. The van der Waals surface area contributed by atoms with Crippen molar-refractivity contribution in [2.24, 2.45) is 5.92 Å². The Morgan fingerprint density at radius 3 is 2.38 bits per heavy atom. The van der Waals surface area contributed by atoms with Crippen molar-refractivity contribution in [2.75, 3.05) is 18.0 Å². The highest BCUT2D eigenvalue weighted by Gasteiger charge is 2.39. The summed E-state index contributed by atoms with van der Waals surface area (Å²) in [6.07, 6.45) is 2.17. The van der Waals surface area contributed by atoms with Gasteiger partial charge in [0.05, 0.1) is 4.90 Å². The predicted molar refractivity (Wildman–Crippen MR) is 130 cm³/mol. The third-order valence-electron chi connectivity index (χ3n) is 5.72. The number of fused-ring (bicyclic) bond motifs is 1. The highest BCUT2D eigenvalue weighted by atomic mass is 127. The summed E-state index contributed by atoms with van der Waals surface area (Å²) in [5, 5.41) is 0. The molecule has 2 aromatic carbocycles. The lowest BCUT2D eigenvalue weighted by Crippen LogP contribution is -2.55. The van der Waals surface area contributed by atoms with E-state index >= 15 is 0 Å². The van der Waals surface area contributed by atoms with Gasteiger partial charge in [0.15, 0.2) is 0 Å². The lowest BCUT2D eigenvalue weighted by molar-refractivity contribution is 0.420. The molecule has 0 amide bonds. The number of para-hydroxylation sites is 1. The van der Waals surface area contributed by atoms with Crippen molar-refractivity contribution in [1.82, 2.24) is 4.72 Å². The van der Waals surface area contributed by atoms with Gasteiger partial charge in [-0.2, -0.15) is 4.72 Å². The first-order chi connectivity index (χ1) is 13.5. The Hall–Kier alpha value is -1.12. The highest BCUT2D eigenvalue weighted by molar-refractivity contribution is 14.1. The number of benzene rings is 2. The van der Waals surface area contributed by atoms with E-state index in [1.54, 1.807) is 0 Å². The monoisotopic (exact) mass is 526 g/mol. The van der Waals surface area contributed by atoms with E-state index in [1.807, 2.05) is 32.9 Å². The van der Waals surface area contributed by atoms with Gasteiger partial charge in [0.2, 0.25) is 10.0 Å². The summed E-state index contributed by atoms with van der Waals surface area (Å²) in [6.45, 7) is 11.5. The number of alkyl halides is 1. The molecule has 158 valence electrons. The molecule has 2 aromatic rings. The summed E-state index contributed by atoms with van der Waals surface area (Å²) >= 11 is 2.32. The minimum Gasteiger partial charge on any atom is -0.369 e. The topological polar surface area (TPSA) is 49.4 Å². The van der Waals surface area contributed by atoms with Crippen LogP contribution in [0, 0.1) is 26.7 Å². The molecule has 1 aliphatic heterocycles. The summed E-state index contributed by atoms with van der Waals surface area (Å²) in [5.41, 5.74) is 5.23. The van der Waals surface area contributed by atoms with Crippen molar-refractivity contribution in [3.63, 3.8) is 0 Å². The van der Waals surface area contributed by atoms with E-state index in [9.17, 15) is 8.42 Å². The molecular weight excluding hydrogens is 495 g/mol. The second-order valence-corrected chi connectivity index (χ2v) is 12.0. The van der Waals surface area contributed by atoms with Gasteiger partial charge in [-0.3, -0.25) is 0 Å². The van der Waals surface area contributed by atoms with Crippen LogP contribution in [0.3, 0.4) is 0 Å². The van der Waals surface area contributed by atoms with Gasteiger partial charge in [0.25, 0.3) is 0 Å². The molecule has 0 saturated heterocycles. The van der Waals surface area contributed by atoms with Crippen LogP contribution in [-0.2, 0) is 16.4 Å². The number of hydrogen-bond acceptors (Lipinski definition) is 3. The Morgan fingerprint density at radius 2 is 1.76 bits per heavy atom. The van der Waals surface area contributed by atoms with Gasteiger partial charge in [-0.1, -0.05) is 72.3 Å². The van der Waals surface area contributed by atoms with Crippen LogP contribution in [0.5, 0.6) is 0 Å². The summed E-state index contributed by atoms with van der Waals surface area (Å²) in [5.74, 6) is 0.123. The first kappa shape index (κ1) is 22.6. The minimum atomic E-state index is -3.65. The largest absolute Gasteiger partial charge is 0.369 e. The molecule has 0 fully saturated rings. The highest BCUT2D eigenvalue weighted by Crippen LogP contribution is 2.35. The van der Waals surface area contributed by atoms with Crippen LogP contribution in [0.15, 0.2) is 41.3 Å². The molecule has 1 atom stereocenters. The molecule has 1 aliphatic rings. The van der Waals surface area contributed by atoms with Gasteiger partial charge < -0.3 is 4.90 Å². The summed E-state index contributed by atoms with van der Waals surface area (Å²) < 4.78 is 29.4.